The Hall–Kier alpha value is -0.120. The van der Waals surface area contributed by atoms with Gasteiger partial charge < -0.3 is 16.2 Å². The van der Waals surface area contributed by atoms with Crippen molar-refractivity contribution in [3.05, 3.63) is 0 Å². The van der Waals surface area contributed by atoms with E-state index in [1.54, 1.807) is 0 Å². The lowest BCUT2D eigenvalue weighted by atomic mass is 9.81. The molecule has 0 aromatic rings. The van der Waals surface area contributed by atoms with Gasteiger partial charge in [0.1, 0.15) is 0 Å². The molecule has 0 atom stereocenters. The summed E-state index contributed by atoms with van der Waals surface area (Å²) >= 11 is 0. The number of hydrogen-bond donors (Lipinski definition) is 2. The third-order valence-electron chi connectivity index (χ3n) is 2.06. The smallest absolute Gasteiger partial charge is 0.0691 e. The lowest BCUT2D eigenvalue weighted by Crippen LogP contribution is -2.63. The molecule has 0 radical (unpaired) electrons. The minimum Gasteiger partial charge on any atom is -0.369 e. The van der Waals surface area contributed by atoms with Gasteiger partial charge in [0.25, 0.3) is 0 Å². The summed E-state index contributed by atoms with van der Waals surface area (Å²) in [6.07, 6.45) is 1.42. The SMILES string of the molecule is CC1(C)CC(N)(N)CC(C)(C)O1. The van der Waals surface area contributed by atoms with E-state index in [2.05, 4.69) is 0 Å². The van der Waals surface area contributed by atoms with E-state index in [1.807, 2.05) is 27.7 Å². The normalized spacial score (nSPS) is 31.5. The molecular weight excluding hydrogens is 152 g/mol. The van der Waals surface area contributed by atoms with Crippen molar-refractivity contribution in [1.29, 1.82) is 0 Å². The van der Waals surface area contributed by atoms with Crippen LogP contribution >= 0.6 is 0 Å². The average molecular weight is 172 g/mol. The van der Waals surface area contributed by atoms with E-state index in [9.17, 15) is 0 Å². The molecule has 0 aliphatic carbocycles. The lowest BCUT2D eigenvalue weighted by Gasteiger charge is -2.48. The zero-order valence-electron chi connectivity index (χ0n) is 8.48. The fourth-order valence-corrected chi connectivity index (χ4v) is 2.47. The van der Waals surface area contributed by atoms with E-state index in [0.717, 1.165) is 0 Å². The van der Waals surface area contributed by atoms with Crippen molar-refractivity contribution in [1.82, 2.24) is 0 Å². The van der Waals surface area contributed by atoms with Gasteiger partial charge in [0.05, 0.1) is 16.9 Å². The first-order valence-corrected chi connectivity index (χ1v) is 4.40. The van der Waals surface area contributed by atoms with Gasteiger partial charge in [-0.1, -0.05) is 0 Å². The molecule has 0 spiro atoms. The molecule has 3 nitrogen and oxygen atoms in total. The van der Waals surface area contributed by atoms with Gasteiger partial charge in [-0.3, -0.25) is 0 Å². The maximum Gasteiger partial charge on any atom is 0.0691 e. The third kappa shape index (κ3) is 2.44. The number of hydrogen-bond acceptors (Lipinski definition) is 3. The van der Waals surface area contributed by atoms with Crippen molar-refractivity contribution >= 4 is 0 Å². The highest BCUT2D eigenvalue weighted by Crippen LogP contribution is 2.36. The van der Waals surface area contributed by atoms with Crippen LogP contribution in [0, 0.1) is 0 Å². The molecule has 12 heavy (non-hydrogen) atoms. The van der Waals surface area contributed by atoms with Crippen LogP contribution in [0.15, 0.2) is 0 Å². The minimum absolute atomic E-state index is 0.203. The maximum absolute atomic E-state index is 5.93. The zero-order valence-corrected chi connectivity index (χ0v) is 8.48. The Morgan fingerprint density at radius 2 is 1.25 bits per heavy atom. The van der Waals surface area contributed by atoms with Gasteiger partial charge >= 0.3 is 0 Å². The molecule has 1 aliphatic heterocycles. The number of rotatable bonds is 0. The predicted octanol–water partition coefficient (Wildman–Crippen LogP) is 0.968. The van der Waals surface area contributed by atoms with Crippen LogP contribution in [-0.4, -0.2) is 16.9 Å². The molecule has 4 N–H and O–H groups in total. The van der Waals surface area contributed by atoms with Gasteiger partial charge in [-0.2, -0.15) is 0 Å². The van der Waals surface area contributed by atoms with Crippen LogP contribution < -0.4 is 11.5 Å². The van der Waals surface area contributed by atoms with E-state index in [4.69, 9.17) is 16.2 Å². The average Bonchev–Trinajstić information content (AvgIpc) is 1.44. The zero-order chi connectivity index (χ0) is 9.62. The van der Waals surface area contributed by atoms with E-state index in [0.29, 0.717) is 12.8 Å². The quantitative estimate of drug-likeness (QED) is 0.535. The molecule has 0 saturated carbocycles. The second kappa shape index (κ2) is 2.44. The van der Waals surface area contributed by atoms with Crippen molar-refractivity contribution in [2.24, 2.45) is 11.5 Å². The summed E-state index contributed by atoms with van der Waals surface area (Å²) in [6.45, 7) is 8.12. The summed E-state index contributed by atoms with van der Waals surface area (Å²) in [5, 5.41) is 0. The Labute approximate surface area is 74.4 Å². The van der Waals surface area contributed by atoms with E-state index in [-0.39, 0.29) is 11.2 Å². The first-order chi connectivity index (χ1) is 5.12. The highest BCUT2D eigenvalue weighted by molar-refractivity contribution is 4.97. The van der Waals surface area contributed by atoms with Crippen LogP contribution in [0.1, 0.15) is 40.5 Å². The molecule has 0 aromatic heterocycles. The van der Waals surface area contributed by atoms with Crippen LogP contribution in [0.3, 0.4) is 0 Å². The van der Waals surface area contributed by atoms with Gasteiger partial charge in [0.15, 0.2) is 0 Å². The van der Waals surface area contributed by atoms with Gasteiger partial charge in [0, 0.05) is 12.8 Å². The topological polar surface area (TPSA) is 61.3 Å². The third-order valence-corrected chi connectivity index (χ3v) is 2.06. The predicted molar refractivity (Wildman–Crippen MR) is 49.6 cm³/mol. The van der Waals surface area contributed by atoms with Crippen LogP contribution in [0.25, 0.3) is 0 Å². The molecule has 0 amide bonds. The summed E-state index contributed by atoms with van der Waals surface area (Å²) in [5.41, 5.74) is 10.9. The lowest BCUT2D eigenvalue weighted by molar-refractivity contribution is -0.176. The van der Waals surface area contributed by atoms with Crippen LogP contribution in [0.4, 0.5) is 0 Å². The molecular formula is C9H20N2O. The van der Waals surface area contributed by atoms with Gasteiger partial charge in [-0.15, -0.1) is 0 Å². The van der Waals surface area contributed by atoms with E-state index < -0.39 is 5.66 Å². The number of ether oxygens (including phenoxy) is 1. The molecule has 1 saturated heterocycles. The fourth-order valence-electron chi connectivity index (χ4n) is 2.47. The van der Waals surface area contributed by atoms with Crippen LogP contribution in [0.5, 0.6) is 0 Å². The van der Waals surface area contributed by atoms with Crippen LogP contribution in [-0.2, 0) is 4.74 Å². The Morgan fingerprint density at radius 3 is 1.50 bits per heavy atom. The van der Waals surface area contributed by atoms with Crippen molar-refractivity contribution in [3.8, 4) is 0 Å². The molecule has 72 valence electrons. The summed E-state index contributed by atoms with van der Waals surface area (Å²) < 4.78 is 5.84. The largest absolute Gasteiger partial charge is 0.369 e. The first kappa shape index (κ1) is 9.96. The van der Waals surface area contributed by atoms with Crippen molar-refractivity contribution < 1.29 is 4.74 Å². The second-order valence-electron chi connectivity index (χ2n) is 5.21. The van der Waals surface area contributed by atoms with Crippen molar-refractivity contribution in [2.45, 2.75) is 57.4 Å². The Balaban J connectivity index is 2.81. The highest BCUT2D eigenvalue weighted by Gasteiger charge is 2.44. The van der Waals surface area contributed by atoms with E-state index in [1.165, 1.54) is 0 Å². The van der Waals surface area contributed by atoms with Crippen LogP contribution in [0.2, 0.25) is 0 Å². The summed E-state index contributed by atoms with van der Waals surface area (Å²) in [4.78, 5) is 0. The van der Waals surface area contributed by atoms with Gasteiger partial charge in [-0.25, -0.2) is 0 Å². The number of nitrogens with two attached hydrogens (primary N) is 2. The molecule has 0 unspecified atom stereocenters. The summed E-state index contributed by atoms with van der Waals surface area (Å²) in [5.74, 6) is 0. The fraction of sp³-hybridized carbons (Fsp3) is 1.00. The molecule has 0 bridgehead atoms. The standard InChI is InChI=1S/C9H20N2O/c1-7(2)5-9(10,11)6-8(3,4)12-7/h5-6,10-11H2,1-4H3. The molecule has 1 rings (SSSR count). The van der Waals surface area contributed by atoms with E-state index >= 15 is 0 Å². The summed E-state index contributed by atoms with van der Waals surface area (Å²) in [7, 11) is 0. The Bertz CT molecular complexity index is 140. The Morgan fingerprint density at radius 1 is 0.917 bits per heavy atom. The molecule has 1 fully saturated rings. The molecule has 1 aliphatic rings. The maximum atomic E-state index is 5.93. The van der Waals surface area contributed by atoms with Crippen molar-refractivity contribution in [2.75, 3.05) is 0 Å². The summed E-state index contributed by atoms with van der Waals surface area (Å²) in [6, 6.07) is 0. The second-order valence-corrected chi connectivity index (χ2v) is 5.21. The molecule has 1 heterocycles. The van der Waals surface area contributed by atoms with Crippen molar-refractivity contribution in [3.63, 3.8) is 0 Å². The Kier molecular flexibility index (Phi) is 2.02. The molecule has 0 aromatic carbocycles. The monoisotopic (exact) mass is 172 g/mol. The van der Waals surface area contributed by atoms with Gasteiger partial charge in [-0.05, 0) is 27.7 Å². The minimum atomic E-state index is -0.578. The van der Waals surface area contributed by atoms with Gasteiger partial charge in [0.2, 0.25) is 0 Å². The molecule has 3 heteroatoms. The first-order valence-electron chi connectivity index (χ1n) is 4.40. The highest BCUT2D eigenvalue weighted by atomic mass is 16.5.